The number of aliphatic hydroxyl groups is 1. The number of ketones is 1. The maximum atomic E-state index is 13.2. The standard InChI is InChI=1S/C27H27N3O5/c1-3-4-14-35-21-8-7-20(15-22(21)34-2)24-23(25(31)19-9-12-28-13-10-19)26(32)27(33)30(24)17-18-6-5-11-29-16-18/h5-13,15-16,24,31H,3-4,14,17H2,1-2H3/b25-23+. The van der Waals surface area contributed by atoms with Gasteiger partial charge >= 0.3 is 0 Å². The number of nitrogens with zero attached hydrogens (tertiary/aromatic N) is 3. The van der Waals surface area contributed by atoms with Gasteiger partial charge in [0.15, 0.2) is 11.5 Å². The van der Waals surface area contributed by atoms with E-state index in [1.807, 2.05) is 6.07 Å². The Bertz CT molecular complexity index is 1230. The fourth-order valence-electron chi connectivity index (χ4n) is 4.04. The van der Waals surface area contributed by atoms with E-state index in [0.717, 1.165) is 18.4 Å². The number of benzene rings is 1. The fraction of sp³-hybridized carbons (Fsp3) is 0.259. The SMILES string of the molecule is CCCCOc1ccc(C2/C(=C(\O)c3ccncc3)C(=O)C(=O)N2Cc2cccnc2)cc1OC. The number of amides is 1. The Morgan fingerprint density at radius 2 is 1.86 bits per heavy atom. The van der Waals surface area contributed by atoms with Gasteiger partial charge in [0.05, 0.1) is 25.3 Å². The molecule has 3 heterocycles. The second kappa shape index (κ2) is 10.8. The van der Waals surface area contributed by atoms with Gasteiger partial charge in [0.2, 0.25) is 0 Å². The first-order valence-corrected chi connectivity index (χ1v) is 11.4. The molecule has 0 saturated carbocycles. The first-order chi connectivity index (χ1) is 17.0. The zero-order valence-electron chi connectivity index (χ0n) is 19.7. The normalized spacial score (nSPS) is 17.0. The van der Waals surface area contributed by atoms with Gasteiger partial charge in [-0.05, 0) is 47.9 Å². The van der Waals surface area contributed by atoms with Gasteiger partial charge in [-0.1, -0.05) is 25.5 Å². The fourth-order valence-corrected chi connectivity index (χ4v) is 4.04. The Labute approximate surface area is 203 Å². The van der Waals surface area contributed by atoms with Crippen molar-refractivity contribution in [1.29, 1.82) is 0 Å². The minimum Gasteiger partial charge on any atom is -0.507 e. The van der Waals surface area contributed by atoms with Gasteiger partial charge < -0.3 is 19.5 Å². The Hall–Kier alpha value is -4.20. The number of carbonyl (C=O) groups excluding carboxylic acids is 2. The molecular formula is C27H27N3O5. The molecule has 1 saturated heterocycles. The van der Waals surface area contributed by atoms with E-state index in [2.05, 4.69) is 16.9 Å². The van der Waals surface area contributed by atoms with E-state index in [-0.39, 0.29) is 17.9 Å². The van der Waals surface area contributed by atoms with Crippen LogP contribution >= 0.6 is 0 Å². The summed E-state index contributed by atoms with van der Waals surface area (Å²) in [6.07, 6.45) is 8.22. The summed E-state index contributed by atoms with van der Waals surface area (Å²) in [5.41, 5.74) is 1.78. The van der Waals surface area contributed by atoms with Crippen LogP contribution in [0, 0.1) is 0 Å². The number of hydrogen-bond acceptors (Lipinski definition) is 7. The third-order valence-electron chi connectivity index (χ3n) is 5.83. The summed E-state index contributed by atoms with van der Waals surface area (Å²) >= 11 is 0. The molecule has 3 aromatic rings. The summed E-state index contributed by atoms with van der Waals surface area (Å²) in [7, 11) is 1.54. The van der Waals surface area contributed by atoms with Gasteiger partial charge in [0, 0.05) is 36.9 Å². The predicted molar refractivity (Wildman–Crippen MR) is 130 cm³/mol. The number of methoxy groups -OCH3 is 1. The highest BCUT2D eigenvalue weighted by Crippen LogP contribution is 2.42. The van der Waals surface area contributed by atoms with Gasteiger partial charge in [-0.2, -0.15) is 0 Å². The van der Waals surface area contributed by atoms with Crippen molar-refractivity contribution in [3.05, 3.63) is 89.5 Å². The third-order valence-corrected chi connectivity index (χ3v) is 5.83. The van der Waals surface area contributed by atoms with Crippen molar-refractivity contribution >= 4 is 17.4 Å². The van der Waals surface area contributed by atoms with Crippen molar-refractivity contribution in [2.24, 2.45) is 0 Å². The maximum absolute atomic E-state index is 13.2. The van der Waals surface area contributed by atoms with E-state index in [4.69, 9.17) is 9.47 Å². The van der Waals surface area contributed by atoms with E-state index in [1.165, 1.54) is 24.4 Å². The predicted octanol–water partition coefficient (Wildman–Crippen LogP) is 4.29. The Kier molecular flexibility index (Phi) is 7.40. The first kappa shape index (κ1) is 23.9. The van der Waals surface area contributed by atoms with Crippen LogP contribution in [0.5, 0.6) is 11.5 Å². The molecule has 0 radical (unpaired) electrons. The molecule has 1 amide bonds. The summed E-state index contributed by atoms with van der Waals surface area (Å²) in [5.74, 6) is -0.656. The molecule has 0 spiro atoms. The third kappa shape index (κ3) is 5.01. The van der Waals surface area contributed by atoms with Crippen LogP contribution in [0.25, 0.3) is 5.76 Å². The van der Waals surface area contributed by atoms with Crippen molar-refractivity contribution in [2.75, 3.05) is 13.7 Å². The molecule has 0 bridgehead atoms. The number of carbonyl (C=O) groups is 2. The van der Waals surface area contributed by atoms with Crippen LogP contribution in [0.2, 0.25) is 0 Å². The zero-order chi connectivity index (χ0) is 24.8. The lowest BCUT2D eigenvalue weighted by Gasteiger charge is -2.26. The molecule has 1 unspecified atom stereocenters. The Balaban J connectivity index is 1.82. The van der Waals surface area contributed by atoms with Gasteiger partial charge in [-0.15, -0.1) is 0 Å². The van der Waals surface area contributed by atoms with Crippen LogP contribution in [0.1, 0.15) is 42.5 Å². The van der Waals surface area contributed by atoms with Crippen LogP contribution in [-0.4, -0.2) is 45.4 Å². The number of hydrogen-bond donors (Lipinski definition) is 1. The summed E-state index contributed by atoms with van der Waals surface area (Å²) in [4.78, 5) is 35.9. The van der Waals surface area contributed by atoms with E-state index in [0.29, 0.717) is 29.2 Å². The number of aromatic nitrogens is 2. The minimum absolute atomic E-state index is 0.00629. The van der Waals surface area contributed by atoms with E-state index in [1.54, 1.807) is 48.8 Å². The second-order valence-corrected chi connectivity index (χ2v) is 8.14. The molecule has 1 atom stereocenters. The largest absolute Gasteiger partial charge is 0.507 e. The van der Waals surface area contributed by atoms with Crippen LogP contribution in [0.4, 0.5) is 0 Å². The Morgan fingerprint density at radius 1 is 1.06 bits per heavy atom. The number of ether oxygens (including phenoxy) is 2. The van der Waals surface area contributed by atoms with E-state index < -0.39 is 17.7 Å². The number of pyridine rings is 2. The zero-order valence-corrected chi connectivity index (χ0v) is 19.7. The lowest BCUT2D eigenvalue weighted by atomic mass is 9.95. The van der Waals surface area contributed by atoms with Crippen LogP contribution < -0.4 is 9.47 Å². The van der Waals surface area contributed by atoms with Gasteiger partial charge in [0.1, 0.15) is 5.76 Å². The lowest BCUT2D eigenvalue weighted by Crippen LogP contribution is -2.29. The molecule has 180 valence electrons. The highest BCUT2D eigenvalue weighted by molar-refractivity contribution is 6.46. The summed E-state index contributed by atoms with van der Waals surface area (Å²) in [6, 6.07) is 11.2. The van der Waals surface area contributed by atoms with Gasteiger partial charge in [-0.3, -0.25) is 19.6 Å². The molecule has 1 aliphatic heterocycles. The molecule has 8 nitrogen and oxygen atoms in total. The lowest BCUT2D eigenvalue weighted by molar-refractivity contribution is -0.140. The molecule has 35 heavy (non-hydrogen) atoms. The monoisotopic (exact) mass is 473 g/mol. The minimum atomic E-state index is -0.832. The quantitative estimate of drug-likeness (QED) is 0.214. The average molecular weight is 474 g/mol. The van der Waals surface area contributed by atoms with Gasteiger partial charge in [-0.25, -0.2) is 0 Å². The van der Waals surface area contributed by atoms with Crippen LogP contribution in [0.15, 0.2) is 72.8 Å². The van der Waals surface area contributed by atoms with Crippen LogP contribution in [-0.2, 0) is 16.1 Å². The molecule has 1 fully saturated rings. The molecule has 1 N–H and O–H groups in total. The number of rotatable bonds is 9. The molecule has 1 aliphatic rings. The van der Waals surface area contributed by atoms with Crippen molar-refractivity contribution in [2.45, 2.75) is 32.4 Å². The number of likely N-dealkylation sites (tertiary alicyclic amines) is 1. The smallest absolute Gasteiger partial charge is 0.295 e. The highest BCUT2D eigenvalue weighted by Gasteiger charge is 2.46. The molecule has 0 aliphatic carbocycles. The molecular weight excluding hydrogens is 446 g/mol. The van der Waals surface area contributed by atoms with Crippen molar-refractivity contribution in [3.8, 4) is 11.5 Å². The number of unbranched alkanes of at least 4 members (excludes halogenated alkanes) is 1. The number of Topliss-reactive ketones (excluding diaryl/α,β-unsaturated/α-hetero) is 1. The van der Waals surface area contributed by atoms with Crippen LogP contribution in [0.3, 0.4) is 0 Å². The molecule has 4 rings (SSSR count). The topological polar surface area (TPSA) is 102 Å². The maximum Gasteiger partial charge on any atom is 0.295 e. The molecule has 2 aromatic heterocycles. The summed E-state index contributed by atoms with van der Waals surface area (Å²) in [6.45, 7) is 2.78. The van der Waals surface area contributed by atoms with E-state index in [9.17, 15) is 14.7 Å². The average Bonchev–Trinajstić information content (AvgIpc) is 3.14. The number of aliphatic hydroxyl groups excluding tert-OH is 1. The van der Waals surface area contributed by atoms with Crippen molar-refractivity contribution in [1.82, 2.24) is 14.9 Å². The molecule has 1 aromatic carbocycles. The first-order valence-electron chi connectivity index (χ1n) is 11.4. The summed E-state index contributed by atoms with van der Waals surface area (Å²) < 4.78 is 11.4. The van der Waals surface area contributed by atoms with Crippen molar-refractivity contribution < 1.29 is 24.2 Å². The van der Waals surface area contributed by atoms with Gasteiger partial charge in [0.25, 0.3) is 11.7 Å². The van der Waals surface area contributed by atoms with Crippen molar-refractivity contribution in [3.63, 3.8) is 0 Å². The van der Waals surface area contributed by atoms with E-state index >= 15 is 0 Å². The Morgan fingerprint density at radius 3 is 2.54 bits per heavy atom. The summed E-state index contributed by atoms with van der Waals surface area (Å²) in [5, 5.41) is 11.1. The highest BCUT2D eigenvalue weighted by atomic mass is 16.5. The molecule has 8 heteroatoms. The second-order valence-electron chi connectivity index (χ2n) is 8.14.